The van der Waals surface area contributed by atoms with E-state index in [1.165, 1.54) is 0 Å². The standard InChI is InChI=1S/C18H21N3O2/c1-18(2,3)17-20-15(16(22)23-17)12-13-6-8-14(9-7-13)21(4)11-5-10-19/h6-9,12H,5,11H2,1-4H3/b15-12-. The van der Waals surface area contributed by atoms with Crippen LogP contribution in [0.25, 0.3) is 6.08 Å². The van der Waals surface area contributed by atoms with Crippen molar-refractivity contribution in [2.75, 3.05) is 18.5 Å². The van der Waals surface area contributed by atoms with Gasteiger partial charge in [-0.05, 0) is 23.8 Å². The number of esters is 1. The molecule has 1 aromatic rings. The van der Waals surface area contributed by atoms with Gasteiger partial charge >= 0.3 is 5.97 Å². The third-order valence-corrected chi connectivity index (χ3v) is 3.46. The lowest BCUT2D eigenvalue weighted by Crippen LogP contribution is -2.21. The molecule has 0 atom stereocenters. The minimum absolute atomic E-state index is 0.293. The minimum atomic E-state index is -0.412. The summed E-state index contributed by atoms with van der Waals surface area (Å²) in [5.41, 5.74) is 1.93. The van der Waals surface area contributed by atoms with Crippen molar-refractivity contribution in [3.05, 3.63) is 35.5 Å². The average Bonchev–Trinajstić information content (AvgIpc) is 2.87. The Hall–Kier alpha value is -2.61. The topological polar surface area (TPSA) is 65.7 Å². The van der Waals surface area contributed by atoms with Gasteiger partial charge in [0.05, 0.1) is 12.5 Å². The van der Waals surface area contributed by atoms with Gasteiger partial charge in [0.25, 0.3) is 0 Å². The van der Waals surface area contributed by atoms with E-state index in [0.29, 0.717) is 24.6 Å². The van der Waals surface area contributed by atoms with Crippen LogP contribution in [-0.2, 0) is 9.53 Å². The molecule has 0 saturated carbocycles. The van der Waals surface area contributed by atoms with Gasteiger partial charge in [0.2, 0.25) is 5.90 Å². The summed E-state index contributed by atoms with van der Waals surface area (Å²) in [7, 11) is 1.94. The number of nitriles is 1. The third-order valence-electron chi connectivity index (χ3n) is 3.46. The molecule has 0 unspecified atom stereocenters. The van der Waals surface area contributed by atoms with E-state index in [4.69, 9.17) is 10.00 Å². The predicted octanol–water partition coefficient (Wildman–Crippen LogP) is 3.38. The molecule has 120 valence electrons. The maximum atomic E-state index is 11.9. The highest BCUT2D eigenvalue weighted by Crippen LogP contribution is 2.26. The van der Waals surface area contributed by atoms with E-state index >= 15 is 0 Å². The first-order valence-corrected chi connectivity index (χ1v) is 7.52. The molecule has 0 spiro atoms. The maximum absolute atomic E-state index is 11.9. The second kappa shape index (κ2) is 6.66. The minimum Gasteiger partial charge on any atom is -0.406 e. The number of anilines is 1. The van der Waals surface area contributed by atoms with E-state index in [2.05, 4.69) is 11.1 Å². The molecule has 5 heteroatoms. The van der Waals surface area contributed by atoms with Crippen LogP contribution in [0.3, 0.4) is 0 Å². The molecule has 1 aromatic carbocycles. The number of rotatable bonds is 4. The highest BCUT2D eigenvalue weighted by molar-refractivity contribution is 6.08. The van der Waals surface area contributed by atoms with Gasteiger partial charge < -0.3 is 9.64 Å². The van der Waals surface area contributed by atoms with Crippen molar-refractivity contribution in [1.82, 2.24) is 0 Å². The molecule has 2 rings (SSSR count). The van der Waals surface area contributed by atoms with Crippen molar-refractivity contribution in [2.45, 2.75) is 27.2 Å². The van der Waals surface area contributed by atoms with Crippen LogP contribution in [0.5, 0.6) is 0 Å². The van der Waals surface area contributed by atoms with Crippen LogP contribution < -0.4 is 4.90 Å². The first kappa shape index (κ1) is 16.8. The molecular formula is C18H21N3O2. The first-order valence-electron chi connectivity index (χ1n) is 7.52. The van der Waals surface area contributed by atoms with Gasteiger partial charge in [-0.25, -0.2) is 9.79 Å². The second-order valence-corrected chi connectivity index (χ2v) is 6.51. The highest BCUT2D eigenvalue weighted by atomic mass is 16.6. The molecule has 1 heterocycles. The Morgan fingerprint density at radius 3 is 2.48 bits per heavy atom. The second-order valence-electron chi connectivity index (χ2n) is 6.51. The average molecular weight is 311 g/mol. The summed E-state index contributed by atoms with van der Waals surface area (Å²) < 4.78 is 5.22. The number of aliphatic imine (C=N–C) groups is 1. The van der Waals surface area contributed by atoms with Crippen molar-refractivity contribution in [3.63, 3.8) is 0 Å². The van der Waals surface area contributed by atoms with Crippen molar-refractivity contribution in [1.29, 1.82) is 5.26 Å². The van der Waals surface area contributed by atoms with Gasteiger partial charge in [-0.2, -0.15) is 5.26 Å². The highest BCUT2D eigenvalue weighted by Gasteiger charge is 2.31. The van der Waals surface area contributed by atoms with Gasteiger partial charge in [0.15, 0.2) is 5.70 Å². The lowest BCUT2D eigenvalue weighted by Gasteiger charge is -2.17. The maximum Gasteiger partial charge on any atom is 0.363 e. The van der Waals surface area contributed by atoms with Crippen LogP contribution in [0.2, 0.25) is 0 Å². The molecule has 23 heavy (non-hydrogen) atoms. The predicted molar refractivity (Wildman–Crippen MR) is 90.9 cm³/mol. The number of hydrogen-bond acceptors (Lipinski definition) is 5. The zero-order chi connectivity index (χ0) is 17.0. The lowest BCUT2D eigenvalue weighted by molar-refractivity contribution is -0.130. The summed E-state index contributed by atoms with van der Waals surface area (Å²) in [6.07, 6.45) is 2.21. The first-order chi connectivity index (χ1) is 10.8. The Bertz CT molecular complexity index is 688. The fourth-order valence-electron chi connectivity index (χ4n) is 2.06. The Morgan fingerprint density at radius 2 is 1.96 bits per heavy atom. The summed E-state index contributed by atoms with van der Waals surface area (Å²) in [6.45, 7) is 6.54. The molecule has 0 aliphatic carbocycles. The van der Waals surface area contributed by atoms with Crippen LogP contribution in [0.1, 0.15) is 32.8 Å². The van der Waals surface area contributed by atoms with Crippen LogP contribution in [0.15, 0.2) is 35.0 Å². The molecule has 0 bridgehead atoms. The van der Waals surface area contributed by atoms with E-state index < -0.39 is 5.97 Å². The quantitative estimate of drug-likeness (QED) is 0.631. The molecule has 0 N–H and O–H groups in total. The summed E-state index contributed by atoms with van der Waals surface area (Å²) in [4.78, 5) is 18.2. The number of benzene rings is 1. The van der Waals surface area contributed by atoms with Gasteiger partial charge in [-0.1, -0.05) is 32.9 Å². The Balaban J connectivity index is 2.16. The van der Waals surface area contributed by atoms with Gasteiger partial charge in [0, 0.05) is 24.7 Å². The fraction of sp³-hybridized carbons (Fsp3) is 0.389. The van der Waals surface area contributed by atoms with Crippen LogP contribution in [-0.4, -0.2) is 25.5 Å². The number of nitrogens with zero attached hydrogens (tertiary/aromatic N) is 3. The molecule has 0 saturated heterocycles. The number of carbonyl (C=O) groups is 1. The molecule has 0 aromatic heterocycles. The monoisotopic (exact) mass is 311 g/mol. The molecule has 0 amide bonds. The van der Waals surface area contributed by atoms with Crippen LogP contribution in [0.4, 0.5) is 5.69 Å². The summed E-state index contributed by atoms with van der Waals surface area (Å²) in [5.74, 6) is 0.0340. The van der Waals surface area contributed by atoms with Gasteiger partial charge in [-0.15, -0.1) is 0 Å². The molecule has 1 aliphatic rings. The summed E-state index contributed by atoms with van der Waals surface area (Å²) >= 11 is 0. The lowest BCUT2D eigenvalue weighted by atomic mass is 9.97. The SMILES string of the molecule is CN(CCC#N)c1ccc(/C=C2\N=C(C(C)(C)C)OC2=O)cc1. The number of cyclic esters (lactones) is 1. The van der Waals surface area contributed by atoms with Crippen LogP contribution >= 0.6 is 0 Å². The van der Waals surface area contributed by atoms with E-state index in [9.17, 15) is 4.79 Å². The van der Waals surface area contributed by atoms with Crippen molar-refractivity contribution < 1.29 is 9.53 Å². The van der Waals surface area contributed by atoms with E-state index in [0.717, 1.165) is 11.3 Å². The van der Waals surface area contributed by atoms with E-state index in [1.807, 2.05) is 57.0 Å². The largest absolute Gasteiger partial charge is 0.406 e. The van der Waals surface area contributed by atoms with Crippen LogP contribution in [0, 0.1) is 16.7 Å². The smallest absolute Gasteiger partial charge is 0.363 e. The summed E-state index contributed by atoms with van der Waals surface area (Å²) in [5, 5.41) is 8.63. The van der Waals surface area contributed by atoms with Gasteiger partial charge in [-0.3, -0.25) is 0 Å². The normalized spacial score (nSPS) is 16.0. The van der Waals surface area contributed by atoms with E-state index in [-0.39, 0.29) is 5.41 Å². The zero-order valence-corrected chi connectivity index (χ0v) is 14.0. The van der Waals surface area contributed by atoms with E-state index in [1.54, 1.807) is 6.08 Å². The number of ether oxygens (including phenoxy) is 1. The molecule has 0 fully saturated rings. The van der Waals surface area contributed by atoms with Crippen molar-refractivity contribution >= 4 is 23.6 Å². The molecule has 0 radical (unpaired) electrons. The number of hydrogen-bond donors (Lipinski definition) is 0. The Morgan fingerprint density at radius 1 is 1.30 bits per heavy atom. The third kappa shape index (κ3) is 4.19. The van der Waals surface area contributed by atoms with Crippen molar-refractivity contribution in [3.8, 4) is 6.07 Å². The molecule has 5 nitrogen and oxygen atoms in total. The zero-order valence-electron chi connectivity index (χ0n) is 14.0. The number of carbonyl (C=O) groups excluding carboxylic acids is 1. The fourth-order valence-corrected chi connectivity index (χ4v) is 2.06. The van der Waals surface area contributed by atoms with Gasteiger partial charge in [0.1, 0.15) is 0 Å². The van der Waals surface area contributed by atoms with Crippen molar-refractivity contribution in [2.24, 2.45) is 10.4 Å². The Labute approximate surface area is 136 Å². The summed E-state index contributed by atoms with van der Waals surface area (Å²) in [6, 6.07) is 9.88. The molecule has 1 aliphatic heterocycles. The molecular weight excluding hydrogens is 290 g/mol. The Kier molecular flexibility index (Phi) is 4.85.